The lowest BCUT2D eigenvalue weighted by Crippen LogP contribution is -2.50. The van der Waals surface area contributed by atoms with Gasteiger partial charge in [0.25, 0.3) is 0 Å². The van der Waals surface area contributed by atoms with Crippen LogP contribution in [0.15, 0.2) is 24.3 Å². The maximum Gasteiger partial charge on any atom is 0.115 e. The second-order valence-corrected chi connectivity index (χ2v) is 4.57. The Morgan fingerprint density at radius 1 is 1.18 bits per heavy atom. The highest BCUT2D eigenvalue weighted by molar-refractivity contribution is 5.28. The summed E-state index contributed by atoms with van der Waals surface area (Å²) in [4.78, 5) is 0. The lowest BCUT2D eigenvalue weighted by molar-refractivity contribution is 0.0932. The molecule has 0 amide bonds. The van der Waals surface area contributed by atoms with Crippen LogP contribution < -0.4 is 5.32 Å². The van der Waals surface area contributed by atoms with Crippen molar-refractivity contribution >= 4 is 0 Å². The van der Waals surface area contributed by atoms with Gasteiger partial charge in [0.15, 0.2) is 0 Å². The van der Waals surface area contributed by atoms with E-state index in [0.29, 0.717) is 0 Å². The lowest BCUT2D eigenvalue weighted by Gasteiger charge is -2.32. The van der Waals surface area contributed by atoms with Crippen molar-refractivity contribution < 1.29 is 15.3 Å². The summed E-state index contributed by atoms with van der Waals surface area (Å²) in [7, 11) is 0. The number of aliphatic hydroxyl groups excluding tert-OH is 2. The Bertz CT molecular complexity index is 333. The molecule has 0 saturated heterocycles. The molecular formula is C13H21NO3. The standard InChI is InChI=1S/C13H21NO3/c1-3-12(14-13(2,8-15)9-16)10-4-6-11(17)7-5-10/h4-7,12,14-17H,3,8-9H2,1-2H3. The van der Waals surface area contributed by atoms with Gasteiger partial charge in [-0.1, -0.05) is 19.1 Å². The van der Waals surface area contributed by atoms with E-state index in [-0.39, 0.29) is 25.0 Å². The average molecular weight is 239 g/mol. The predicted molar refractivity (Wildman–Crippen MR) is 66.9 cm³/mol. The lowest BCUT2D eigenvalue weighted by atomic mass is 9.98. The van der Waals surface area contributed by atoms with Crippen molar-refractivity contribution in [1.82, 2.24) is 5.32 Å². The van der Waals surface area contributed by atoms with Crippen LogP contribution in [0, 0.1) is 0 Å². The van der Waals surface area contributed by atoms with Crippen LogP contribution in [0.25, 0.3) is 0 Å². The molecule has 0 aliphatic heterocycles. The van der Waals surface area contributed by atoms with Crippen LogP contribution >= 0.6 is 0 Å². The maximum absolute atomic E-state index is 9.26. The molecule has 0 saturated carbocycles. The first-order valence-electron chi connectivity index (χ1n) is 5.83. The minimum atomic E-state index is -0.696. The number of phenols is 1. The number of nitrogens with one attached hydrogen (secondary N) is 1. The molecule has 4 heteroatoms. The molecule has 0 aliphatic rings. The fourth-order valence-corrected chi connectivity index (χ4v) is 1.69. The van der Waals surface area contributed by atoms with Crippen LogP contribution in [-0.4, -0.2) is 34.1 Å². The molecule has 0 bridgehead atoms. The topological polar surface area (TPSA) is 72.7 Å². The molecule has 1 unspecified atom stereocenters. The van der Waals surface area contributed by atoms with Crippen molar-refractivity contribution in [3.8, 4) is 5.75 Å². The normalized spacial score (nSPS) is 13.6. The monoisotopic (exact) mass is 239 g/mol. The molecule has 0 spiro atoms. The summed E-state index contributed by atoms with van der Waals surface area (Å²) in [6.07, 6.45) is 0.834. The van der Waals surface area contributed by atoms with Gasteiger partial charge in [-0.2, -0.15) is 0 Å². The predicted octanol–water partition coefficient (Wildman–Crippen LogP) is 1.18. The van der Waals surface area contributed by atoms with Crippen molar-refractivity contribution in [2.45, 2.75) is 31.8 Å². The Morgan fingerprint density at radius 2 is 1.71 bits per heavy atom. The minimum Gasteiger partial charge on any atom is -0.508 e. The van der Waals surface area contributed by atoms with Crippen LogP contribution in [0.5, 0.6) is 5.75 Å². The average Bonchev–Trinajstić information content (AvgIpc) is 2.37. The van der Waals surface area contributed by atoms with Gasteiger partial charge in [-0.15, -0.1) is 0 Å². The molecule has 0 aromatic heterocycles. The van der Waals surface area contributed by atoms with E-state index in [9.17, 15) is 15.3 Å². The number of phenolic OH excluding ortho intramolecular Hbond substituents is 1. The SMILES string of the molecule is CCC(NC(C)(CO)CO)c1ccc(O)cc1. The number of aromatic hydroxyl groups is 1. The van der Waals surface area contributed by atoms with E-state index in [2.05, 4.69) is 5.32 Å². The van der Waals surface area contributed by atoms with Crippen molar-refractivity contribution in [3.05, 3.63) is 29.8 Å². The van der Waals surface area contributed by atoms with E-state index in [1.807, 2.05) is 19.1 Å². The van der Waals surface area contributed by atoms with E-state index in [1.54, 1.807) is 19.1 Å². The quantitative estimate of drug-likeness (QED) is 0.601. The number of hydrogen-bond donors (Lipinski definition) is 4. The van der Waals surface area contributed by atoms with Crippen molar-refractivity contribution in [3.63, 3.8) is 0 Å². The largest absolute Gasteiger partial charge is 0.508 e. The number of benzene rings is 1. The molecular weight excluding hydrogens is 218 g/mol. The van der Waals surface area contributed by atoms with Gasteiger partial charge in [0.05, 0.1) is 18.8 Å². The molecule has 4 N–H and O–H groups in total. The van der Waals surface area contributed by atoms with Crippen LogP contribution in [0.3, 0.4) is 0 Å². The van der Waals surface area contributed by atoms with Gasteiger partial charge < -0.3 is 20.6 Å². The van der Waals surface area contributed by atoms with Gasteiger partial charge >= 0.3 is 0 Å². The number of rotatable bonds is 6. The molecule has 17 heavy (non-hydrogen) atoms. The highest BCUT2D eigenvalue weighted by Crippen LogP contribution is 2.22. The summed E-state index contributed by atoms with van der Waals surface area (Å²) in [5, 5.41) is 31.0. The molecule has 96 valence electrons. The zero-order valence-electron chi connectivity index (χ0n) is 10.3. The Labute approximate surface area is 102 Å². The Balaban J connectivity index is 2.81. The highest BCUT2D eigenvalue weighted by atomic mass is 16.3. The van der Waals surface area contributed by atoms with Crippen molar-refractivity contribution in [1.29, 1.82) is 0 Å². The zero-order valence-corrected chi connectivity index (χ0v) is 10.3. The summed E-state index contributed by atoms with van der Waals surface area (Å²) in [5.41, 5.74) is 0.330. The fourth-order valence-electron chi connectivity index (χ4n) is 1.69. The van der Waals surface area contributed by atoms with Crippen molar-refractivity contribution in [2.75, 3.05) is 13.2 Å². The van der Waals surface area contributed by atoms with Gasteiger partial charge in [-0.3, -0.25) is 0 Å². The summed E-state index contributed by atoms with van der Waals surface area (Å²) < 4.78 is 0. The molecule has 0 aliphatic carbocycles. The summed E-state index contributed by atoms with van der Waals surface area (Å²) in [6.45, 7) is 3.55. The van der Waals surface area contributed by atoms with E-state index in [4.69, 9.17) is 0 Å². The van der Waals surface area contributed by atoms with E-state index in [1.165, 1.54) is 0 Å². The van der Waals surface area contributed by atoms with Gasteiger partial charge in [0.2, 0.25) is 0 Å². The second-order valence-electron chi connectivity index (χ2n) is 4.57. The fraction of sp³-hybridized carbons (Fsp3) is 0.538. The van der Waals surface area contributed by atoms with Gasteiger partial charge in [0, 0.05) is 6.04 Å². The first-order valence-corrected chi connectivity index (χ1v) is 5.83. The van der Waals surface area contributed by atoms with E-state index in [0.717, 1.165) is 12.0 Å². The zero-order chi connectivity index (χ0) is 12.9. The van der Waals surface area contributed by atoms with Crippen LogP contribution in [-0.2, 0) is 0 Å². The molecule has 1 aromatic rings. The summed E-state index contributed by atoms with van der Waals surface area (Å²) in [6, 6.07) is 6.99. The smallest absolute Gasteiger partial charge is 0.115 e. The first-order chi connectivity index (χ1) is 8.04. The van der Waals surface area contributed by atoms with E-state index < -0.39 is 5.54 Å². The molecule has 1 aromatic carbocycles. The van der Waals surface area contributed by atoms with Crippen molar-refractivity contribution in [2.24, 2.45) is 0 Å². The van der Waals surface area contributed by atoms with Gasteiger partial charge in [0.1, 0.15) is 5.75 Å². The molecule has 1 rings (SSSR count). The molecule has 0 fully saturated rings. The first kappa shape index (κ1) is 14.0. The maximum atomic E-state index is 9.26. The van der Waals surface area contributed by atoms with Crippen LogP contribution in [0.2, 0.25) is 0 Å². The summed E-state index contributed by atoms with van der Waals surface area (Å²) >= 11 is 0. The third-order valence-corrected chi connectivity index (χ3v) is 2.92. The third kappa shape index (κ3) is 3.70. The Morgan fingerprint density at radius 3 is 2.12 bits per heavy atom. The molecule has 0 heterocycles. The molecule has 4 nitrogen and oxygen atoms in total. The third-order valence-electron chi connectivity index (χ3n) is 2.92. The second kappa shape index (κ2) is 6.00. The Hall–Kier alpha value is -1.10. The Kier molecular flexibility index (Phi) is 4.93. The molecule has 1 atom stereocenters. The summed E-state index contributed by atoms with van der Waals surface area (Å²) in [5.74, 6) is 0.232. The van der Waals surface area contributed by atoms with Crippen LogP contribution in [0.1, 0.15) is 31.9 Å². The van der Waals surface area contributed by atoms with Crippen LogP contribution in [0.4, 0.5) is 0 Å². The van der Waals surface area contributed by atoms with Gasteiger partial charge in [-0.05, 0) is 31.0 Å². The highest BCUT2D eigenvalue weighted by Gasteiger charge is 2.25. The number of aliphatic hydroxyl groups is 2. The van der Waals surface area contributed by atoms with E-state index >= 15 is 0 Å². The number of hydrogen-bond acceptors (Lipinski definition) is 4. The van der Waals surface area contributed by atoms with Gasteiger partial charge in [-0.25, -0.2) is 0 Å². The molecule has 0 radical (unpaired) electrons. The minimum absolute atomic E-state index is 0.0416.